The normalized spacial score (nSPS) is 15.3. The second kappa shape index (κ2) is 9.10. The van der Waals surface area contributed by atoms with E-state index in [1.807, 2.05) is 43.3 Å². The summed E-state index contributed by atoms with van der Waals surface area (Å²) in [6.45, 7) is 6.35. The fraction of sp³-hybridized carbons (Fsp3) is 0.348. The molecule has 0 spiro atoms. The highest BCUT2D eigenvalue weighted by molar-refractivity contribution is 9.10. The molecule has 1 saturated heterocycles. The molecular formula is C23H25BrN4O2. The van der Waals surface area contributed by atoms with Crippen LogP contribution in [-0.4, -0.2) is 34.0 Å². The number of hydrogen-bond donors (Lipinski definition) is 1. The summed E-state index contributed by atoms with van der Waals surface area (Å²) in [5.41, 5.74) is 4.11. The zero-order valence-electron chi connectivity index (χ0n) is 17.2. The molecule has 4 rings (SSSR count). The average molecular weight is 469 g/mol. The summed E-state index contributed by atoms with van der Waals surface area (Å²) in [4.78, 5) is 19.5. The van der Waals surface area contributed by atoms with Crippen molar-refractivity contribution in [3.05, 3.63) is 64.0 Å². The number of carbonyl (C=O) groups excluding carboxylic acids is 1. The fourth-order valence-electron chi connectivity index (χ4n) is 3.80. The number of nitrogens with one attached hydrogen (secondary N) is 1. The molecule has 0 atom stereocenters. The molecule has 0 unspecified atom stereocenters. The molecule has 0 bridgehead atoms. The highest BCUT2D eigenvalue weighted by Crippen LogP contribution is 2.24. The van der Waals surface area contributed by atoms with Crippen molar-refractivity contribution in [1.82, 2.24) is 15.0 Å². The van der Waals surface area contributed by atoms with Crippen LogP contribution in [0.4, 0.5) is 5.69 Å². The van der Waals surface area contributed by atoms with Gasteiger partial charge in [0.1, 0.15) is 0 Å². The largest absolute Gasteiger partial charge is 0.338 e. The molecule has 1 aliphatic heterocycles. The zero-order chi connectivity index (χ0) is 21.1. The summed E-state index contributed by atoms with van der Waals surface area (Å²) in [6.07, 6.45) is 1.65. The molecule has 0 aliphatic carbocycles. The molecular weight excluding hydrogens is 444 g/mol. The summed E-state index contributed by atoms with van der Waals surface area (Å²) in [6, 6.07) is 13.9. The lowest BCUT2D eigenvalue weighted by Crippen LogP contribution is -2.37. The molecule has 1 amide bonds. The van der Waals surface area contributed by atoms with E-state index in [2.05, 4.69) is 49.3 Å². The van der Waals surface area contributed by atoms with E-state index in [1.54, 1.807) is 0 Å². The van der Waals surface area contributed by atoms with Crippen molar-refractivity contribution in [2.24, 2.45) is 5.92 Å². The van der Waals surface area contributed by atoms with Crippen LogP contribution in [-0.2, 0) is 11.3 Å². The first kappa shape index (κ1) is 20.8. The van der Waals surface area contributed by atoms with Crippen LogP contribution in [0.15, 0.2) is 51.5 Å². The maximum Gasteiger partial charge on any atom is 0.241 e. The van der Waals surface area contributed by atoms with Crippen LogP contribution in [0.5, 0.6) is 0 Å². The minimum absolute atomic E-state index is 0.0295. The van der Waals surface area contributed by atoms with Crippen LogP contribution in [0, 0.1) is 19.8 Å². The van der Waals surface area contributed by atoms with Gasteiger partial charge >= 0.3 is 0 Å². The number of anilines is 1. The Morgan fingerprint density at radius 1 is 1.20 bits per heavy atom. The molecule has 0 radical (unpaired) electrons. The molecule has 1 fully saturated rings. The van der Waals surface area contributed by atoms with Crippen LogP contribution in [0.3, 0.4) is 0 Å². The summed E-state index contributed by atoms with van der Waals surface area (Å²) >= 11 is 3.46. The van der Waals surface area contributed by atoms with Gasteiger partial charge in [-0.2, -0.15) is 4.98 Å². The summed E-state index contributed by atoms with van der Waals surface area (Å²) < 4.78 is 6.42. The molecule has 2 aromatic carbocycles. The van der Waals surface area contributed by atoms with Gasteiger partial charge in [0.05, 0.1) is 6.54 Å². The number of benzene rings is 2. The maximum atomic E-state index is 12.7. The Hall–Kier alpha value is -2.51. The first-order chi connectivity index (χ1) is 14.5. The summed E-state index contributed by atoms with van der Waals surface area (Å²) in [5.74, 6) is 1.33. The lowest BCUT2D eigenvalue weighted by atomic mass is 9.95. The third-order valence-corrected chi connectivity index (χ3v) is 6.00. The minimum atomic E-state index is 0.0295. The van der Waals surface area contributed by atoms with Crippen LogP contribution < -0.4 is 5.32 Å². The standard InChI is InChI=1S/C23H25BrN4O2/c1-15-6-7-20(16(2)12-15)25-23(29)17-8-10-28(11-9-17)14-21-26-22(27-30-21)18-4-3-5-19(24)13-18/h3-7,12-13,17H,8-11,14H2,1-2H3,(H,25,29). The van der Waals surface area contributed by atoms with Gasteiger partial charge in [-0.25, -0.2) is 0 Å². The number of hydrogen-bond acceptors (Lipinski definition) is 5. The predicted molar refractivity (Wildman–Crippen MR) is 120 cm³/mol. The molecule has 0 saturated carbocycles. The van der Waals surface area contributed by atoms with Crippen LogP contribution in [0.1, 0.15) is 29.9 Å². The van der Waals surface area contributed by atoms with Crippen molar-refractivity contribution < 1.29 is 9.32 Å². The molecule has 1 N–H and O–H groups in total. The van der Waals surface area contributed by atoms with E-state index in [-0.39, 0.29) is 11.8 Å². The van der Waals surface area contributed by atoms with Gasteiger partial charge in [0.2, 0.25) is 17.6 Å². The Morgan fingerprint density at radius 2 is 2.00 bits per heavy atom. The number of carbonyl (C=O) groups is 1. The SMILES string of the molecule is Cc1ccc(NC(=O)C2CCN(Cc3nc(-c4cccc(Br)c4)no3)CC2)c(C)c1. The highest BCUT2D eigenvalue weighted by atomic mass is 79.9. The zero-order valence-corrected chi connectivity index (χ0v) is 18.8. The molecule has 6 nitrogen and oxygen atoms in total. The van der Waals surface area contributed by atoms with Crippen molar-refractivity contribution >= 4 is 27.5 Å². The quantitative estimate of drug-likeness (QED) is 0.572. The fourth-order valence-corrected chi connectivity index (χ4v) is 4.20. The van der Waals surface area contributed by atoms with Crippen molar-refractivity contribution in [2.45, 2.75) is 33.2 Å². The first-order valence-corrected chi connectivity index (χ1v) is 11.0. The third kappa shape index (κ3) is 4.96. The molecule has 30 heavy (non-hydrogen) atoms. The predicted octanol–water partition coefficient (Wildman–Crippen LogP) is 4.97. The van der Waals surface area contributed by atoms with Crippen LogP contribution >= 0.6 is 15.9 Å². The van der Waals surface area contributed by atoms with Crippen molar-refractivity contribution in [1.29, 1.82) is 0 Å². The topological polar surface area (TPSA) is 71.3 Å². The smallest absolute Gasteiger partial charge is 0.241 e. The van der Waals surface area contributed by atoms with E-state index in [0.29, 0.717) is 18.3 Å². The molecule has 1 aromatic heterocycles. The number of amides is 1. The number of likely N-dealkylation sites (tertiary alicyclic amines) is 1. The van der Waals surface area contributed by atoms with Crippen molar-refractivity contribution in [3.8, 4) is 11.4 Å². The van der Waals surface area contributed by atoms with E-state index < -0.39 is 0 Å². The number of nitrogens with zero attached hydrogens (tertiary/aromatic N) is 3. The average Bonchev–Trinajstić information content (AvgIpc) is 3.19. The van der Waals surface area contributed by atoms with Crippen molar-refractivity contribution in [3.63, 3.8) is 0 Å². The van der Waals surface area contributed by atoms with Gasteiger partial charge in [-0.15, -0.1) is 0 Å². The van der Waals surface area contributed by atoms with Crippen molar-refractivity contribution in [2.75, 3.05) is 18.4 Å². The van der Waals surface area contributed by atoms with Gasteiger partial charge in [0.15, 0.2) is 0 Å². The van der Waals surface area contributed by atoms with E-state index >= 15 is 0 Å². The van der Waals surface area contributed by atoms with E-state index in [0.717, 1.165) is 47.2 Å². The highest BCUT2D eigenvalue weighted by Gasteiger charge is 2.26. The first-order valence-electron chi connectivity index (χ1n) is 10.2. The minimum Gasteiger partial charge on any atom is -0.338 e. The van der Waals surface area contributed by atoms with Gasteiger partial charge in [0.25, 0.3) is 0 Å². The second-order valence-corrected chi connectivity index (χ2v) is 8.80. The Bertz CT molecular complexity index is 1040. The van der Waals surface area contributed by atoms with Gasteiger partial charge in [-0.3, -0.25) is 9.69 Å². The summed E-state index contributed by atoms with van der Waals surface area (Å²) in [5, 5.41) is 7.20. The number of aryl methyl sites for hydroxylation is 2. The van der Waals surface area contributed by atoms with Crippen LogP contribution in [0.25, 0.3) is 11.4 Å². The second-order valence-electron chi connectivity index (χ2n) is 7.88. The monoisotopic (exact) mass is 468 g/mol. The maximum absolute atomic E-state index is 12.7. The number of rotatable bonds is 5. The molecule has 3 aromatic rings. The summed E-state index contributed by atoms with van der Waals surface area (Å²) in [7, 11) is 0. The third-order valence-electron chi connectivity index (χ3n) is 5.51. The molecule has 1 aliphatic rings. The Balaban J connectivity index is 1.30. The Morgan fingerprint density at radius 3 is 2.73 bits per heavy atom. The number of piperidine rings is 1. The molecule has 156 valence electrons. The lowest BCUT2D eigenvalue weighted by molar-refractivity contribution is -0.121. The molecule has 2 heterocycles. The van der Waals surface area contributed by atoms with E-state index in [4.69, 9.17) is 4.52 Å². The van der Waals surface area contributed by atoms with E-state index in [1.165, 1.54) is 5.56 Å². The van der Waals surface area contributed by atoms with Crippen LogP contribution in [0.2, 0.25) is 0 Å². The lowest BCUT2D eigenvalue weighted by Gasteiger charge is -2.30. The number of halogens is 1. The Kier molecular flexibility index (Phi) is 6.29. The Labute approximate surface area is 184 Å². The van der Waals surface area contributed by atoms with Gasteiger partial charge in [0, 0.05) is 21.6 Å². The number of aromatic nitrogens is 2. The van der Waals surface area contributed by atoms with Gasteiger partial charge in [-0.05, 0) is 63.5 Å². The van der Waals surface area contributed by atoms with Gasteiger partial charge < -0.3 is 9.84 Å². The van der Waals surface area contributed by atoms with E-state index in [9.17, 15) is 4.79 Å². The molecule has 7 heteroatoms. The van der Waals surface area contributed by atoms with Gasteiger partial charge in [-0.1, -0.05) is 50.9 Å².